The first-order valence-corrected chi connectivity index (χ1v) is 6.21. The van der Waals surface area contributed by atoms with E-state index >= 15 is 0 Å². The summed E-state index contributed by atoms with van der Waals surface area (Å²) >= 11 is 0. The molecule has 0 radical (unpaired) electrons. The smallest absolute Gasteiger partial charge is 0.320 e. The zero-order valence-electron chi connectivity index (χ0n) is 10.7. The quantitative estimate of drug-likeness (QED) is 0.679. The van der Waals surface area contributed by atoms with Gasteiger partial charge in [-0.15, -0.1) is 0 Å². The maximum atomic E-state index is 12.1. The molecule has 2 heterocycles. The third-order valence-electron chi connectivity index (χ3n) is 3.78. The fraction of sp³-hybridized carbons (Fsp3) is 0.833. The second-order valence-corrected chi connectivity index (χ2v) is 5.06. The van der Waals surface area contributed by atoms with Crippen molar-refractivity contribution in [2.24, 2.45) is 5.92 Å². The van der Waals surface area contributed by atoms with Crippen molar-refractivity contribution in [3.05, 3.63) is 0 Å². The number of carbonyl (C=O) groups is 2. The third-order valence-corrected chi connectivity index (χ3v) is 3.78. The van der Waals surface area contributed by atoms with E-state index in [1.807, 2.05) is 23.6 Å². The highest BCUT2D eigenvalue weighted by atomic mass is 16.5. The average Bonchev–Trinajstić information content (AvgIpc) is 2.66. The molecule has 5 heteroatoms. The molecule has 2 fully saturated rings. The van der Waals surface area contributed by atoms with Gasteiger partial charge in [0, 0.05) is 19.1 Å². The van der Waals surface area contributed by atoms with E-state index in [1.165, 1.54) is 7.11 Å². The Hall–Kier alpha value is -1.26. The van der Waals surface area contributed by atoms with E-state index in [0.717, 1.165) is 19.4 Å². The van der Waals surface area contributed by atoms with E-state index in [0.29, 0.717) is 6.54 Å². The molecule has 0 aromatic rings. The molecule has 5 nitrogen and oxygen atoms in total. The molecule has 2 rings (SSSR count). The fourth-order valence-corrected chi connectivity index (χ4v) is 2.82. The number of hydrogen-bond donors (Lipinski definition) is 0. The van der Waals surface area contributed by atoms with Gasteiger partial charge in [-0.1, -0.05) is 0 Å². The van der Waals surface area contributed by atoms with Gasteiger partial charge in [-0.25, -0.2) is 4.79 Å². The molecule has 17 heavy (non-hydrogen) atoms. The number of methoxy groups -OCH3 is 1. The van der Waals surface area contributed by atoms with E-state index in [-0.39, 0.29) is 30.0 Å². The van der Waals surface area contributed by atoms with Gasteiger partial charge in [0.05, 0.1) is 19.1 Å². The summed E-state index contributed by atoms with van der Waals surface area (Å²) in [4.78, 5) is 27.5. The third kappa shape index (κ3) is 1.98. The van der Waals surface area contributed by atoms with Crippen molar-refractivity contribution < 1.29 is 14.3 Å². The number of nitrogens with zero attached hydrogens (tertiary/aromatic N) is 2. The van der Waals surface area contributed by atoms with Crippen LogP contribution in [-0.2, 0) is 9.53 Å². The van der Waals surface area contributed by atoms with Crippen molar-refractivity contribution in [2.75, 3.05) is 20.2 Å². The molecule has 0 saturated carbocycles. The van der Waals surface area contributed by atoms with Crippen molar-refractivity contribution >= 4 is 12.0 Å². The van der Waals surface area contributed by atoms with Crippen LogP contribution in [0.2, 0.25) is 0 Å². The number of fused-ring (bicyclic) bond motifs is 1. The van der Waals surface area contributed by atoms with Gasteiger partial charge >= 0.3 is 12.0 Å². The van der Waals surface area contributed by atoms with Crippen molar-refractivity contribution in [1.82, 2.24) is 9.80 Å². The highest BCUT2D eigenvalue weighted by Crippen LogP contribution is 2.31. The highest BCUT2D eigenvalue weighted by molar-refractivity contribution is 5.81. The molecule has 2 atom stereocenters. The molecular formula is C12H20N2O3. The average molecular weight is 240 g/mol. The zero-order chi connectivity index (χ0) is 12.6. The van der Waals surface area contributed by atoms with Crippen molar-refractivity contribution in [3.63, 3.8) is 0 Å². The predicted molar refractivity (Wildman–Crippen MR) is 62.5 cm³/mol. The van der Waals surface area contributed by atoms with Crippen molar-refractivity contribution in [3.8, 4) is 0 Å². The molecule has 0 bridgehead atoms. The van der Waals surface area contributed by atoms with Crippen LogP contribution in [0.1, 0.15) is 26.7 Å². The monoisotopic (exact) mass is 240 g/mol. The summed E-state index contributed by atoms with van der Waals surface area (Å²) in [6.07, 6.45) is 1.71. The minimum Gasteiger partial charge on any atom is -0.469 e. The van der Waals surface area contributed by atoms with Gasteiger partial charge in [0.1, 0.15) is 0 Å². The Kier molecular flexibility index (Phi) is 3.26. The SMILES string of the molecule is COC(=O)C1CCCN2C(=O)N(C(C)C)C[C@H]12. The van der Waals surface area contributed by atoms with Gasteiger partial charge in [-0.3, -0.25) is 4.79 Å². The molecule has 0 N–H and O–H groups in total. The lowest BCUT2D eigenvalue weighted by Gasteiger charge is -2.33. The molecule has 0 spiro atoms. The molecule has 0 aromatic carbocycles. The molecule has 0 aliphatic carbocycles. The summed E-state index contributed by atoms with van der Waals surface area (Å²) in [6.45, 7) is 5.42. The Morgan fingerprint density at radius 2 is 2.18 bits per heavy atom. The normalized spacial score (nSPS) is 28.6. The lowest BCUT2D eigenvalue weighted by atomic mass is 9.90. The van der Waals surface area contributed by atoms with E-state index in [2.05, 4.69) is 0 Å². The molecule has 2 aliphatic heterocycles. The van der Waals surface area contributed by atoms with E-state index < -0.39 is 0 Å². The van der Waals surface area contributed by atoms with Crippen LogP contribution >= 0.6 is 0 Å². The minimum absolute atomic E-state index is 0.00565. The van der Waals surface area contributed by atoms with Crippen LogP contribution in [0.25, 0.3) is 0 Å². The predicted octanol–water partition coefficient (Wildman–Crippen LogP) is 1.08. The Labute approximate surface area is 102 Å². The lowest BCUT2D eigenvalue weighted by Crippen LogP contribution is -2.46. The zero-order valence-corrected chi connectivity index (χ0v) is 10.7. The first kappa shape index (κ1) is 12.2. The Bertz CT molecular complexity index is 330. The molecule has 2 aliphatic rings. The fourth-order valence-electron chi connectivity index (χ4n) is 2.82. The van der Waals surface area contributed by atoms with Gasteiger partial charge in [0.25, 0.3) is 0 Å². The summed E-state index contributed by atoms with van der Waals surface area (Å²) < 4.78 is 4.83. The number of piperidine rings is 1. The maximum absolute atomic E-state index is 12.1. The lowest BCUT2D eigenvalue weighted by molar-refractivity contribution is -0.148. The van der Waals surface area contributed by atoms with Crippen LogP contribution in [0.15, 0.2) is 0 Å². The van der Waals surface area contributed by atoms with Crippen LogP contribution in [0.5, 0.6) is 0 Å². The van der Waals surface area contributed by atoms with Gasteiger partial charge < -0.3 is 14.5 Å². The number of urea groups is 1. The number of ether oxygens (including phenoxy) is 1. The van der Waals surface area contributed by atoms with Gasteiger partial charge in [0.15, 0.2) is 0 Å². The summed E-state index contributed by atoms with van der Waals surface area (Å²) in [7, 11) is 1.41. The first-order valence-electron chi connectivity index (χ1n) is 6.21. The molecule has 0 aromatic heterocycles. The van der Waals surface area contributed by atoms with Crippen molar-refractivity contribution in [1.29, 1.82) is 0 Å². The molecular weight excluding hydrogens is 220 g/mol. The van der Waals surface area contributed by atoms with Gasteiger partial charge in [0.2, 0.25) is 0 Å². The van der Waals surface area contributed by atoms with Gasteiger partial charge in [-0.05, 0) is 26.7 Å². The Morgan fingerprint density at radius 1 is 1.47 bits per heavy atom. The second kappa shape index (κ2) is 4.55. The molecule has 2 saturated heterocycles. The number of hydrogen-bond acceptors (Lipinski definition) is 3. The van der Waals surface area contributed by atoms with Crippen LogP contribution < -0.4 is 0 Å². The number of esters is 1. The summed E-state index contributed by atoms with van der Waals surface area (Å²) in [5, 5.41) is 0. The van der Waals surface area contributed by atoms with E-state index in [1.54, 1.807) is 0 Å². The molecule has 2 amide bonds. The van der Waals surface area contributed by atoms with Crippen LogP contribution in [-0.4, -0.2) is 54.1 Å². The summed E-state index contributed by atoms with van der Waals surface area (Å²) in [5.74, 6) is -0.334. The number of rotatable bonds is 2. The largest absolute Gasteiger partial charge is 0.469 e. The number of amides is 2. The van der Waals surface area contributed by atoms with Gasteiger partial charge in [-0.2, -0.15) is 0 Å². The number of carbonyl (C=O) groups excluding carboxylic acids is 2. The van der Waals surface area contributed by atoms with Crippen molar-refractivity contribution in [2.45, 2.75) is 38.8 Å². The van der Waals surface area contributed by atoms with E-state index in [4.69, 9.17) is 4.74 Å². The Balaban J connectivity index is 2.17. The standard InChI is InChI=1S/C12H20N2O3/c1-8(2)14-7-10-9(11(15)17-3)5-4-6-13(10)12(14)16/h8-10H,4-7H2,1-3H3/t9?,10-/m1/s1. The molecule has 96 valence electrons. The second-order valence-electron chi connectivity index (χ2n) is 5.06. The first-order chi connectivity index (χ1) is 8.06. The minimum atomic E-state index is -0.182. The highest BCUT2D eigenvalue weighted by Gasteiger charge is 2.46. The molecule has 1 unspecified atom stereocenters. The van der Waals surface area contributed by atoms with E-state index in [9.17, 15) is 9.59 Å². The topological polar surface area (TPSA) is 49.9 Å². The van der Waals surface area contributed by atoms with Crippen LogP contribution in [0.4, 0.5) is 4.79 Å². The summed E-state index contributed by atoms with van der Waals surface area (Å²) in [6, 6.07) is 0.260. The van der Waals surface area contributed by atoms with Crippen LogP contribution in [0, 0.1) is 5.92 Å². The summed E-state index contributed by atoms with van der Waals surface area (Å²) in [5.41, 5.74) is 0. The Morgan fingerprint density at radius 3 is 2.76 bits per heavy atom. The van der Waals surface area contributed by atoms with Crippen LogP contribution in [0.3, 0.4) is 0 Å². The maximum Gasteiger partial charge on any atom is 0.320 e.